The molecule has 0 aliphatic rings. The van der Waals surface area contributed by atoms with E-state index < -0.39 is 0 Å². The van der Waals surface area contributed by atoms with Gasteiger partial charge in [-0.15, -0.1) is 0 Å². The number of rotatable bonds is 7. The lowest BCUT2D eigenvalue weighted by molar-refractivity contribution is 0.355. The highest BCUT2D eigenvalue weighted by Crippen LogP contribution is 2.31. The van der Waals surface area contributed by atoms with Gasteiger partial charge in [0.15, 0.2) is 11.5 Å². The maximum Gasteiger partial charge on any atom is 0.258 e. The number of hydrogen-bond acceptors (Lipinski definition) is 4. The van der Waals surface area contributed by atoms with E-state index in [0.717, 1.165) is 30.4 Å². The van der Waals surface area contributed by atoms with E-state index in [1.165, 1.54) is 5.57 Å². The van der Waals surface area contributed by atoms with E-state index >= 15 is 0 Å². The molecule has 1 aromatic carbocycles. The Morgan fingerprint density at radius 2 is 1.86 bits per heavy atom. The van der Waals surface area contributed by atoms with Gasteiger partial charge in [0.05, 0.1) is 19.9 Å². The first-order valence-electron chi connectivity index (χ1n) is 9.56. The SMILES string of the molecule is CC/C=C(\CCC)c1ccc2nc(-c3ccc(OC)c(OC)c3)cc(=O)n2c1. The Hall–Kier alpha value is -3.08. The van der Waals surface area contributed by atoms with Gasteiger partial charge in [0.2, 0.25) is 0 Å². The zero-order valence-corrected chi connectivity index (χ0v) is 16.9. The minimum absolute atomic E-state index is 0.107. The van der Waals surface area contributed by atoms with Crippen LogP contribution in [0, 0.1) is 0 Å². The van der Waals surface area contributed by atoms with Gasteiger partial charge in [0.25, 0.3) is 5.56 Å². The van der Waals surface area contributed by atoms with E-state index in [0.29, 0.717) is 22.8 Å². The van der Waals surface area contributed by atoms with Crippen molar-refractivity contribution in [3.63, 3.8) is 0 Å². The topological polar surface area (TPSA) is 52.8 Å². The molecular formula is C23H26N2O3. The van der Waals surface area contributed by atoms with Crippen LogP contribution >= 0.6 is 0 Å². The third-order valence-corrected chi connectivity index (χ3v) is 4.68. The summed E-state index contributed by atoms with van der Waals surface area (Å²) in [6, 6.07) is 11.0. The second-order valence-electron chi connectivity index (χ2n) is 6.58. The number of fused-ring (bicyclic) bond motifs is 1. The molecule has 3 rings (SSSR count). The quantitative estimate of drug-likeness (QED) is 0.582. The van der Waals surface area contributed by atoms with E-state index in [1.54, 1.807) is 24.7 Å². The number of ether oxygens (including phenoxy) is 2. The Balaban J connectivity index is 2.08. The Bertz CT molecular complexity index is 1070. The Labute approximate surface area is 165 Å². The fourth-order valence-corrected chi connectivity index (χ4v) is 3.32. The van der Waals surface area contributed by atoms with Crippen molar-refractivity contribution in [2.45, 2.75) is 33.1 Å². The highest BCUT2D eigenvalue weighted by atomic mass is 16.5. The normalized spacial score (nSPS) is 11.6. The van der Waals surface area contributed by atoms with Crippen LogP contribution in [0.25, 0.3) is 22.5 Å². The molecule has 0 saturated carbocycles. The molecule has 5 nitrogen and oxygen atoms in total. The van der Waals surface area contributed by atoms with E-state index in [-0.39, 0.29) is 5.56 Å². The average Bonchev–Trinajstić information content (AvgIpc) is 2.72. The van der Waals surface area contributed by atoms with Crippen molar-refractivity contribution in [1.82, 2.24) is 9.38 Å². The molecule has 0 saturated heterocycles. The molecule has 0 atom stereocenters. The summed E-state index contributed by atoms with van der Waals surface area (Å²) in [6.07, 6.45) is 7.14. The average molecular weight is 378 g/mol. The summed E-state index contributed by atoms with van der Waals surface area (Å²) >= 11 is 0. The van der Waals surface area contributed by atoms with Gasteiger partial charge in [0.1, 0.15) is 5.65 Å². The van der Waals surface area contributed by atoms with Crippen LogP contribution in [0.2, 0.25) is 0 Å². The van der Waals surface area contributed by atoms with Crippen LogP contribution in [0.3, 0.4) is 0 Å². The number of benzene rings is 1. The molecule has 28 heavy (non-hydrogen) atoms. The second kappa shape index (κ2) is 8.74. The van der Waals surface area contributed by atoms with E-state index in [4.69, 9.17) is 9.47 Å². The van der Waals surface area contributed by atoms with Crippen LogP contribution < -0.4 is 15.0 Å². The molecule has 3 aromatic rings. The van der Waals surface area contributed by atoms with Gasteiger partial charge in [-0.1, -0.05) is 26.3 Å². The van der Waals surface area contributed by atoms with Gasteiger partial charge in [-0.3, -0.25) is 9.20 Å². The molecule has 0 N–H and O–H groups in total. The van der Waals surface area contributed by atoms with Crippen LogP contribution in [0.1, 0.15) is 38.7 Å². The zero-order valence-electron chi connectivity index (χ0n) is 16.9. The lowest BCUT2D eigenvalue weighted by Gasteiger charge is -2.11. The minimum Gasteiger partial charge on any atom is -0.493 e. The van der Waals surface area contributed by atoms with Crippen molar-refractivity contribution in [3.8, 4) is 22.8 Å². The molecule has 2 heterocycles. The standard InChI is InChI=1S/C23H26N2O3/c1-5-7-16(8-6-2)18-10-12-22-24-19(14-23(26)25(22)15-18)17-9-11-20(27-3)21(13-17)28-4/h7,9-15H,5-6,8H2,1-4H3/b16-7+. The first-order valence-corrected chi connectivity index (χ1v) is 9.56. The molecule has 0 unspecified atom stereocenters. The van der Waals surface area contributed by atoms with Crippen LogP contribution in [-0.4, -0.2) is 23.6 Å². The molecule has 0 bridgehead atoms. The van der Waals surface area contributed by atoms with Crippen LogP contribution in [-0.2, 0) is 0 Å². The molecule has 146 valence electrons. The molecule has 0 spiro atoms. The molecule has 5 heteroatoms. The third kappa shape index (κ3) is 3.93. The highest BCUT2D eigenvalue weighted by Gasteiger charge is 2.10. The minimum atomic E-state index is -0.107. The third-order valence-electron chi connectivity index (χ3n) is 4.68. The van der Waals surface area contributed by atoms with E-state index in [1.807, 2.05) is 36.5 Å². The first kappa shape index (κ1) is 19.7. The monoisotopic (exact) mass is 378 g/mol. The van der Waals surface area contributed by atoms with Crippen LogP contribution in [0.4, 0.5) is 0 Å². The van der Waals surface area contributed by atoms with Gasteiger partial charge >= 0.3 is 0 Å². The lowest BCUT2D eigenvalue weighted by atomic mass is 10.0. The fourth-order valence-electron chi connectivity index (χ4n) is 3.32. The van der Waals surface area contributed by atoms with Crippen molar-refractivity contribution in [1.29, 1.82) is 0 Å². The smallest absolute Gasteiger partial charge is 0.258 e. The molecule has 0 fully saturated rings. The summed E-state index contributed by atoms with van der Waals surface area (Å²) in [5.41, 5.74) is 4.26. The van der Waals surface area contributed by atoms with Crippen molar-refractivity contribution in [2.24, 2.45) is 0 Å². The predicted octanol–water partition coefficient (Wildman–Crippen LogP) is 4.97. The zero-order chi connectivity index (χ0) is 20.1. The van der Waals surface area contributed by atoms with Crippen LogP contribution in [0.15, 0.2) is 53.5 Å². The Morgan fingerprint density at radius 1 is 1.07 bits per heavy atom. The maximum atomic E-state index is 12.8. The summed E-state index contributed by atoms with van der Waals surface area (Å²) in [4.78, 5) is 17.5. The number of methoxy groups -OCH3 is 2. The van der Waals surface area contributed by atoms with E-state index in [2.05, 4.69) is 24.9 Å². The maximum absolute atomic E-state index is 12.8. The molecule has 0 aliphatic carbocycles. The van der Waals surface area contributed by atoms with Crippen molar-refractivity contribution in [3.05, 3.63) is 64.6 Å². The van der Waals surface area contributed by atoms with Crippen molar-refractivity contribution >= 4 is 11.2 Å². The number of pyridine rings is 1. The van der Waals surface area contributed by atoms with Gasteiger partial charge in [-0.05, 0) is 54.3 Å². The first-order chi connectivity index (χ1) is 13.6. The summed E-state index contributed by atoms with van der Waals surface area (Å²) in [5, 5.41) is 0. The second-order valence-corrected chi connectivity index (χ2v) is 6.58. The number of aromatic nitrogens is 2. The summed E-state index contributed by atoms with van der Waals surface area (Å²) in [6.45, 7) is 4.29. The summed E-state index contributed by atoms with van der Waals surface area (Å²) in [7, 11) is 3.18. The van der Waals surface area contributed by atoms with Gasteiger partial charge in [0, 0.05) is 17.8 Å². The highest BCUT2D eigenvalue weighted by molar-refractivity contribution is 5.68. The fraction of sp³-hybridized carbons (Fsp3) is 0.304. The molecule has 0 amide bonds. The molecule has 0 aliphatic heterocycles. The van der Waals surface area contributed by atoms with Crippen molar-refractivity contribution < 1.29 is 9.47 Å². The molecular weight excluding hydrogens is 352 g/mol. The molecule has 0 radical (unpaired) electrons. The number of nitrogens with zero attached hydrogens (tertiary/aromatic N) is 2. The van der Waals surface area contributed by atoms with Gasteiger partial charge in [-0.2, -0.15) is 0 Å². The van der Waals surface area contributed by atoms with Gasteiger partial charge in [-0.25, -0.2) is 4.98 Å². The lowest BCUT2D eigenvalue weighted by Crippen LogP contribution is -2.14. The predicted molar refractivity (Wildman–Crippen MR) is 113 cm³/mol. The summed E-state index contributed by atoms with van der Waals surface area (Å²) < 4.78 is 12.3. The Kier molecular flexibility index (Phi) is 6.14. The largest absolute Gasteiger partial charge is 0.493 e. The Morgan fingerprint density at radius 3 is 2.54 bits per heavy atom. The van der Waals surface area contributed by atoms with Gasteiger partial charge < -0.3 is 9.47 Å². The number of allylic oxidation sites excluding steroid dienone is 2. The van der Waals surface area contributed by atoms with E-state index in [9.17, 15) is 4.79 Å². The number of hydrogen-bond donors (Lipinski definition) is 0. The summed E-state index contributed by atoms with van der Waals surface area (Å²) in [5.74, 6) is 1.24. The van der Waals surface area contributed by atoms with Crippen LogP contribution in [0.5, 0.6) is 11.5 Å². The van der Waals surface area contributed by atoms with Crippen molar-refractivity contribution in [2.75, 3.05) is 14.2 Å². The molecule has 2 aromatic heterocycles.